The van der Waals surface area contributed by atoms with Crippen LogP contribution in [0.2, 0.25) is 0 Å². The molecule has 0 spiro atoms. The monoisotopic (exact) mass is 222 g/mol. The molecule has 4 nitrogen and oxygen atoms in total. The standard InChI is InChI=1S/C12H18N2O2/c1-10-3-5-12(2,7-10)11(14-9-16)4-6-13-8-15/h10-11H,3-7H2,1-2H3. The fraction of sp³-hybridized carbons (Fsp3) is 0.833. The van der Waals surface area contributed by atoms with Gasteiger partial charge < -0.3 is 0 Å². The zero-order valence-corrected chi connectivity index (χ0v) is 9.90. The van der Waals surface area contributed by atoms with E-state index in [2.05, 4.69) is 23.8 Å². The molecule has 0 bridgehead atoms. The second kappa shape index (κ2) is 5.74. The van der Waals surface area contributed by atoms with Crippen molar-refractivity contribution < 1.29 is 9.59 Å². The molecule has 1 rings (SSSR count). The molecule has 0 saturated heterocycles. The minimum absolute atomic E-state index is 0.0629. The number of nitrogens with zero attached hydrogens (tertiary/aromatic N) is 2. The maximum Gasteiger partial charge on any atom is 0.235 e. The highest BCUT2D eigenvalue weighted by molar-refractivity contribution is 5.34. The van der Waals surface area contributed by atoms with Crippen LogP contribution < -0.4 is 0 Å². The number of isocyanates is 2. The Hall–Kier alpha value is -1.24. The van der Waals surface area contributed by atoms with Gasteiger partial charge in [-0.3, -0.25) is 0 Å². The first-order valence-electron chi connectivity index (χ1n) is 5.73. The predicted octanol–water partition coefficient (Wildman–Crippen LogP) is 2.24. The third-order valence-electron chi connectivity index (χ3n) is 3.61. The summed E-state index contributed by atoms with van der Waals surface area (Å²) >= 11 is 0. The van der Waals surface area contributed by atoms with Crippen molar-refractivity contribution in [2.24, 2.45) is 21.3 Å². The zero-order chi connectivity index (χ0) is 12.0. The molecule has 1 aliphatic carbocycles. The average molecular weight is 222 g/mol. The van der Waals surface area contributed by atoms with Crippen LogP contribution in [0, 0.1) is 11.3 Å². The molecule has 3 atom stereocenters. The molecule has 0 aromatic carbocycles. The van der Waals surface area contributed by atoms with Crippen molar-refractivity contribution in [3.63, 3.8) is 0 Å². The van der Waals surface area contributed by atoms with Crippen LogP contribution in [0.25, 0.3) is 0 Å². The predicted molar refractivity (Wildman–Crippen MR) is 60.6 cm³/mol. The van der Waals surface area contributed by atoms with Crippen LogP contribution in [-0.4, -0.2) is 24.7 Å². The summed E-state index contributed by atoms with van der Waals surface area (Å²) in [7, 11) is 0. The molecule has 0 aromatic rings. The van der Waals surface area contributed by atoms with E-state index in [1.165, 1.54) is 12.5 Å². The van der Waals surface area contributed by atoms with E-state index in [4.69, 9.17) is 0 Å². The van der Waals surface area contributed by atoms with E-state index in [-0.39, 0.29) is 11.5 Å². The van der Waals surface area contributed by atoms with Gasteiger partial charge in [-0.1, -0.05) is 20.3 Å². The van der Waals surface area contributed by atoms with Gasteiger partial charge in [0.2, 0.25) is 12.2 Å². The van der Waals surface area contributed by atoms with Crippen LogP contribution in [0.3, 0.4) is 0 Å². The molecule has 0 aromatic heterocycles. The van der Waals surface area contributed by atoms with Crippen LogP contribution in [-0.2, 0) is 9.59 Å². The molecule has 1 fully saturated rings. The highest BCUT2D eigenvalue weighted by atomic mass is 16.1. The number of carbonyl (C=O) groups excluding carboxylic acids is 2. The SMILES string of the molecule is CC1CCC(C)(C(CCN=C=O)N=C=O)C1. The maximum atomic E-state index is 10.4. The summed E-state index contributed by atoms with van der Waals surface area (Å²) in [6.45, 7) is 4.77. The number of hydrogen-bond donors (Lipinski definition) is 0. The molecule has 4 heteroatoms. The first-order chi connectivity index (χ1) is 7.62. The maximum absolute atomic E-state index is 10.4. The minimum Gasteiger partial charge on any atom is -0.211 e. The minimum atomic E-state index is -0.0629. The van der Waals surface area contributed by atoms with Crippen LogP contribution in [0.1, 0.15) is 39.5 Å². The topological polar surface area (TPSA) is 58.9 Å². The number of hydrogen-bond acceptors (Lipinski definition) is 4. The Morgan fingerprint density at radius 2 is 2.19 bits per heavy atom. The van der Waals surface area contributed by atoms with Gasteiger partial charge in [0.25, 0.3) is 0 Å². The summed E-state index contributed by atoms with van der Waals surface area (Å²) in [4.78, 5) is 27.8. The summed E-state index contributed by atoms with van der Waals surface area (Å²) in [5.41, 5.74) is 0.0647. The van der Waals surface area contributed by atoms with E-state index in [0.29, 0.717) is 18.9 Å². The van der Waals surface area contributed by atoms with Crippen LogP contribution in [0.4, 0.5) is 0 Å². The van der Waals surface area contributed by atoms with Crippen molar-refractivity contribution >= 4 is 12.2 Å². The van der Waals surface area contributed by atoms with Gasteiger partial charge in [-0.05, 0) is 30.6 Å². The molecular formula is C12H18N2O2. The van der Waals surface area contributed by atoms with Crippen molar-refractivity contribution in [2.75, 3.05) is 6.54 Å². The smallest absolute Gasteiger partial charge is 0.211 e. The summed E-state index contributed by atoms with van der Waals surface area (Å²) in [5, 5.41) is 0. The Kier molecular flexibility index (Phi) is 4.60. The average Bonchev–Trinajstić information content (AvgIpc) is 2.59. The molecule has 0 aliphatic heterocycles. The third kappa shape index (κ3) is 3.13. The van der Waals surface area contributed by atoms with E-state index in [9.17, 15) is 9.59 Å². The zero-order valence-electron chi connectivity index (χ0n) is 9.90. The Morgan fingerprint density at radius 1 is 1.44 bits per heavy atom. The lowest BCUT2D eigenvalue weighted by Crippen LogP contribution is -2.29. The molecule has 0 N–H and O–H groups in total. The Bertz CT molecular complexity index is 330. The van der Waals surface area contributed by atoms with Crippen molar-refractivity contribution in [1.29, 1.82) is 0 Å². The highest BCUT2D eigenvalue weighted by Gasteiger charge is 2.39. The quantitative estimate of drug-likeness (QED) is 0.529. The van der Waals surface area contributed by atoms with Gasteiger partial charge in [-0.25, -0.2) is 19.6 Å². The highest BCUT2D eigenvalue weighted by Crippen LogP contribution is 2.45. The van der Waals surface area contributed by atoms with Crippen molar-refractivity contribution in [3.8, 4) is 0 Å². The van der Waals surface area contributed by atoms with E-state index in [1.807, 2.05) is 0 Å². The van der Waals surface area contributed by atoms with Crippen LogP contribution in [0.15, 0.2) is 9.98 Å². The summed E-state index contributed by atoms with van der Waals surface area (Å²) < 4.78 is 0. The summed E-state index contributed by atoms with van der Waals surface area (Å²) in [6.07, 6.45) is 7.13. The Morgan fingerprint density at radius 3 is 2.69 bits per heavy atom. The lowest BCUT2D eigenvalue weighted by Gasteiger charge is -2.30. The summed E-state index contributed by atoms with van der Waals surface area (Å²) in [6, 6.07) is -0.0629. The molecule has 1 aliphatic rings. The molecule has 3 unspecified atom stereocenters. The van der Waals surface area contributed by atoms with Crippen molar-refractivity contribution in [2.45, 2.75) is 45.6 Å². The summed E-state index contributed by atoms with van der Waals surface area (Å²) in [5.74, 6) is 0.684. The van der Waals surface area contributed by atoms with Crippen molar-refractivity contribution in [1.82, 2.24) is 0 Å². The second-order valence-corrected chi connectivity index (χ2v) is 5.00. The van der Waals surface area contributed by atoms with Gasteiger partial charge in [0.15, 0.2) is 0 Å². The van der Waals surface area contributed by atoms with Crippen molar-refractivity contribution in [3.05, 3.63) is 0 Å². The molecular weight excluding hydrogens is 204 g/mol. The number of aliphatic imine (C=N–C) groups is 2. The molecule has 16 heavy (non-hydrogen) atoms. The fourth-order valence-corrected chi connectivity index (χ4v) is 2.74. The largest absolute Gasteiger partial charge is 0.235 e. The molecule has 0 radical (unpaired) electrons. The van der Waals surface area contributed by atoms with E-state index >= 15 is 0 Å². The van der Waals surface area contributed by atoms with E-state index < -0.39 is 0 Å². The van der Waals surface area contributed by atoms with E-state index in [0.717, 1.165) is 12.8 Å². The Balaban J connectivity index is 2.68. The van der Waals surface area contributed by atoms with Gasteiger partial charge in [0.1, 0.15) is 0 Å². The van der Waals surface area contributed by atoms with Gasteiger partial charge in [0, 0.05) is 0 Å². The molecule has 0 heterocycles. The second-order valence-electron chi connectivity index (χ2n) is 5.00. The van der Waals surface area contributed by atoms with E-state index in [1.54, 1.807) is 6.08 Å². The van der Waals surface area contributed by atoms with Crippen LogP contribution in [0.5, 0.6) is 0 Å². The molecule has 88 valence electrons. The fourth-order valence-electron chi connectivity index (χ4n) is 2.74. The first kappa shape index (κ1) is 12.8. The lowest BCUT2D eigenvalue weighted by atomic mass is 9.79. The first-order valence-corrected chi connectivity index (χ1v) is 5.73. The van der Waals surface area contributed by atoms with Gasteiger partial charge in [-0.2, -0.15) is 0 Å². The number of rotatable bonds is 5. The normalized spacial score (nSPS) is 30.2. The lowest BCUT2D eigenvalue weighted by molar-refractivity contribution is 0.246. The van der Waals surface area contributed by atoms with Gasteiger partial charge in [-0.15, -0.1) is 0 Å². The Labute approximate surface area is 95.9 Å². The van der Waals surface area contributed by atoms with Gasteiger partial charge >= 0.3 is 0 Å². The third-order valence-corrected chi connectivity index (χ3v) is 3.61. The molecule has 0 amide bonds. The molecule has 1 saturated carbocycles. The van der Waals surface area contributed by atoms with Gasteiger partial charge in [0.05, 0.1) is 12.6 Å². The van der Waals surface area contributed by atoms with Crippen LogP contribution >= 0.6 is 0 Å².